The fourth-order valence-corrected chi connectivity index (χ4v) is 1.57. The summed E-state index contributed by atoms with van der Waals surface area (Å²) in [5, 5.41) is 11.3. The van der Waals surface area contributed by atoms with Crippen molar-refractivity contribution in [3.63, 3.8) is 0 Å². The van der Waals surface area contributed by atoms with Gasteiger partial charge in [0.15, 0.2) is 0 Å². The predicted molar refractivity (Wildman–Crippen MR) is 75.8 cm³/mol. The van der Waals surface area contributed by atoms with E-state index in [1.807, 2.05) is 0 Å². The highest BCUT2D eigenvalue weighted by atomic mass is 16.2. The van der Waals surface area contributed by atoms with Crippen LogP contribution < -0.4 is 11.1 Å². The molecule has 0 heterocycles. The van der Waals surface area contributed by atoms with Crippen LogP contribution in [0.2, 0.25) is 0 Å². The lowest BCUT2D eigenvalue weighted by Gasteiger charge is -2.04. The second-order valence-corrected chi connectivity index (χ2v) is 4.22. The third-order valence-electron chi connectivity index (χ3n) is 2.59. The van der Waals surface area contributed by atoms with Crippen molar-refractivity contribution in [1.29, 1.82) is 0 Å². The quantitative estimate of drug-likeness (QED) is 0.518. The molecule has 0 aliphatic rings. The van der Waals surface area contributed by atoms with Gasteiger partial charge in [-0.25, -0.2) is 0 Å². The van der Waals surface area contributed by atoms with Gasteiger partial charge in [0.2, 0.25) is 5.91 Å². The number of carbonyl (C=O) groups is 2. The van der Waals surface area contributed by atoms with Crippen LogP contribution in [0.5, 0.6) is 0 Å². The number of primary amides is 1. The first kappa shape index (κ1) is 15.7. The Balaban J connectivity index is 2.38. The fraction of sp³-hybridized carbons (Fsp3) is 0.333. The van der Waals surface area contributed by atoms with Gasteiger partial charge in [-0.05, 0) is 37.1 Å². The second kappa shape index (κ2) is 8.73. The number of aliphatic hydroxyl groups is 1. The highest BCUT2D eigenvalue weighted by molar-refractivity contribution is 5.94. The highest BCUT2D eigenvalue weighted by Gasteiger charge is 2.04. The van der Waals surface area contributed by atoms with Crippen LogP contribution in [-0.4, -0.2) is 30.1 Å². The molecule has 1 rings (SSSR count). The van der Waals surface area contributed by atoms with E-state index in [9.17, 15) is 9.59 Å². The SMILES string of the molecule is NC(=O)CCCCNC(=O)c1ccc(C#CCO)cc1. The lowest BCUT2D eigenvalue weighted by molar-refractivity contribution is -0.118. The van der Waals surface area contributed by atoms with E-state index < -0.39 is 0 Å². The molecule has 0 bridgehead atoms. The Morgan fingerprint density at radius 2 is 1.90 bits per heavy atom. The Bertz CT molecular complexity index is 512. The summed E-state index contributed by atoms with van der Waals surface area (Å²) in [5.41, 5.74) is 6.32. The number of aliphatic hydroxyl groups excluding tert-OH is 1. The molecule has 2 amide bonds. The Morgan fingerprint density at radius 1 is 1.20 bits per heavy atom. The number of rotatable bonds is 6. The molecule has 5 nitrogen and oxygen atoms in total. The number of benzene rings is 1. The van der Waals surface area contributed by atoms with Gasteiger partial charge in [-0.1, -0.05) is 11.8 Å². The number of unbranched alkanes of at least 4 members (excludes halogenated alkanes) is 1. The molecule has 0 fully saturated rings. The fourth-order valence-electron chi connectivity index (χ4n) is 1.57. The summed E-state index contributed by atoms with van der Waals surface area (Å²) < 4.78 is 0. The normalized spacial score (nSPS) is 9.45. The lowest BCUT2D eigenvalue weighted by Crippen LogP contribution is -2.24. The van der Waals surface area contributed by atoms with Gasteiger partial charge in [0.1, 0.15) is 6.61 Å². The molecular formula is C15H18N2O3. The number of amides is 2. The van der Waals surface area contributed by atoms with Gasteiger partial charge in [0.25, 0.3) is 5.91 Å². The molecule has 4 N–H and O–H groups in total. The van der Waals surface area contributed by atoms with Crippen molar-refractivity contribution in [1.82, 2.24) is 5.32 Å². The number of carbonyl (C=O) groups excluding carboxylic acids is 2. The average molecular weight is 274 g/mol. The van der Waals surface area contributed by atoms with Crippen molar-refractivity contribution in [3.05, 3.63) is 35.4 Å². The van der Waals surface area contributed by atoms with Gasteiger partial charge >= 0.3 is 0 Å². The molecule has 0 atom stereocenters. The van der Waals surface area contributed by atoms with Gasteiger partial charge in [0, 0.05) is 24.1 Å². The molecule has 0 aliphatic heterocycles. The van der Waals surface area contributed by atoms with Crippen LogP contribution >= 0.6 is 0 Å². The summed E-state index contributed by atoms with van der Waals surface area (Å²) in [4.78, 5) is 22.3. The van der Waals surface area contributed by atoms with Crippen molar-refractivity contribution in [2.75, 3.05) is 13.2 Å². The second-order valence-electron chi connectivity index (χ2n) is 4.22. The molecular weight excluding hydrogens is 256 g/mol. The van der Waals surface area contributed by atoms with Crippen molar-refractivity contribution < 1.29 is 14.7 Å². The molecule has 0 radical (unpaired) electrons. The van der Waals surface area contributed by atoms with Crippen LogP contribution in [0.25, 0.3) is 0 Å². The van der Waals surface area contributed by atoms with E-state index >= 15 is 0 Å². The summed E-state index contributed by atoms with van der Waals surface area (Å²) in [7, 11) is 0. The topological polar surface area (TPSA) is 92.4 Å². The summed E-state index contributed by atoms with van der Waals surface area (Å²) in [5.74, 6) is 4.81. The van der Waals surface area contributed by atoms with E-state index in [1.165, 1.54) is 0 Å². The summed E-state index contributed by atoms with van der Waals surface area (Å²) in [6, 6.07) is 6.82. The van der Waals surface area contributed by atoms with Crippen molar-refractivity contribution in [2.24, 2.45) is 5.73 Å². The minimum Gasteiger partial charge on any atom is -0.384 e. The third kappa shape index (κ3) is 6.03. The maximum absolute atomic E-state index is 11.8. The highest BCUT2D eigenvalue weighted by Crippen LogP contribution is 2.03. The molecule has 0 saturated heterocycles. The number of nitrogens with two attached hydrogens (primary N) is 1. The first-order valence-electron chi connectivity index (χ1n) is 6.40. The van der Waals surface area contributed by atoms with Crippen molar-refractivity contribution in [2.45, 2.75) is 19.3 Å². The van der Waals surface area contributed by atoms with Crippen molar-refractivity contribution >= 4 is 11.8 Å². The van der Waals surface area contributed by atoms with E-state index in [0.29, 0.717) is 24.9 Å². The smallest absolute Gasteiger partial charge is 0.251 e. The molecule has 1 aromatic carbocycles. The van der Waals surface area contributed by atoms with Crippen LogP contribution in [0.3, 0.4) is 0 Å². The first-order valence-corrected chi connectivity index (χ1v) is 6.40. The maximum Gasteiger partial charge on any atom is 0.251 e. The molecule has 0 unspecified atom stereocenters. The van der Waals surface area contributed by atoms with Gasteiger partial charge in [0.05, 0.1) is 0 Å². The van der Waals surface area contributed by atoms with Gasteiger partial charge in [-0.15, -0.1) is 0 Å². The minimum atomic E-state index is -0.323. The zero-order chi connectivity index (χ0) is 14.8. The van der Waals surface area contributed by atoms with Crippen LogP contribution in [0.1, 0.15) is 35.2 Å². The molecule has 0 aromatic heterocycles. The molecule has 106 valence electrons. The Morgan fingerprint density at radius 3 is 2.50 bits per heavy atom. The Labute approximate surface area is 118 Å². The monoisotopic (exact) mass is 274 g/mol. The van der Waals surface area contributed by atoms with Crippen LogP contribution in [0.15, 0.2) is 24.3 Å². The van der Waals surface area contributed by atoms with Crippen molar-refractivity contribution in [3.8, 4) is 11.8 Å². The minimum absolute atomic E-state index is 0.161. The van der Waals surface area contributed by atoms with E-state index in [4.69, 9.17) is 10.8 Å². The summed E-state index contributed by atoms with van der Waals surface area (Å²) in [6.07, 6.45) is 1.73. The molecule has 20 heavy (non-hydrogen) atoms. The number of nitrogens with one attached hydrogen (secondary N) is 1. The van der Waals surface area contributed by atoms with E-state index in [2.05, 4.69) is 17.2 Å². The molecule has 0 spiro atoms. The van der Waals surface area contributed by atoms with Crippen LogP contribution in [-0.2, 0) is 4.79 Å². The standard InChI is InChI=1S/C15H18N2O3/c16-14(19)5-1-2-10-17-15(20)13-8-6-12(7-9-13)4-3-11-18/h6-9,18H,1-2,5,10-11H2,(H2,16,19)(H,17,20). The van der Waals surface area contributed by atoms with E-state index in [1.54, 1.807) is 24.3 Å². The van der Waals surface area contributed by atoms with Gasteiger partial charge < -0.3 is 16.2 Å². The van der Waals surface area contributed by atoms with Crippen LogP contribution in [0.4, 0.5) is 0 Å². The maximum atomic E-state index is 11.8. The first-order chi connectivity index (χ1) is 9.63. The number of hydrogen-bond acceptors (Lipinski definition) is 3. The zero-order valence-electron chi connectivity index (χ0n) is 11.2. The zero-order valence-corrected chi connectivity index (χ0v) is 11.2. The number of hydrogen-bond donors (Lipinski definition) is 3. The lowest BCUT2D eigenvalue weighted by atomic mass is 10.1. The summed E-state index contributed by atoms with van der Waals surface area (Å²) in [6.45, 7) is 0.325. The largest absolute Gasteiger partial charge is 0.384 e. The molecule has 5 heteroatoms. The predicted octanol–water partition coefficient (Wildman–Crippen LogP) is 0.416. The third-order valence-corrected chi connectivity index (χ3v) is 2.59. The summed E-state index contributed by atoms with van der Waals surface area (Å²) >= 11 is 0. The Kier molecular flexibility index (Phi) is 6.87. The molecule has 1 aromatic rings. The van der Waals surface area contributed by atoms with E-state index in [-0.39, 0.29) is 18.4 Å². The molecule has 0 aliphatic carbocycles. The molecule has 0 saturated carbocycles. The van der Waals surface area contributed by atoms with Crippen LogP contribution in [0, 0.1) is 11.8 Å². The van der Waals surface area contributed by atoms with Gasteiger partial charge in [-0.2, -0.15) is 0 Å². The average Bonchev–Trinajstić information content (AvgIpc) is 2.44. The van der Waals surface area contributed by atoms with Gasteiger partial charge in [-0.3, -0.25) is 9.59 Å². The van der Waals surface area contributed by atoms with E-state index in [0.717, 1.165) is 12.0 Å². The Hall–Kier alpha value is -2.32.